The first-order valence-electron chi connectivity index (χ1n) is 5.87. The molecule has 20 heavy (non-hydrogen) atoms. The third kappa shape index (κ3) is 2.53. The molecule has 2 nitrogen and oxygen atoms in total. The van der Waals surface area contributed by atoms with Crippen LogP contribution in [0.25, 0.3) is 10.1 Å². The van der Waals surface area contributed by atoms with Gasteiger partial charge in [-0.3, -0.25) is 4.79 Å². The predicted octanol–water partition coefficient (Wildman–Crippen LogP) is 4.95. The predicted molar refractivity (Wildman–Crippen MR) is 81.2 cm³/mol. The van der Waals surface area contributed by atoms with Gasteiger partial charge in [-0.1, -0.05) is 11.6 Å². The van der Waals surface area contributed by atoms with E-state index in [1.54, 1.807) is 17.4 Å². The van der Waals surface area contributed by atoms with Crippen LogP contribution in [-0.4, -0.2) is 5.91 Å². The smallest absolute Gasteiger partial charge is 0.258 e. The van der Waals surface area contributed by atoms with Gasteiger partial charge in [-0.05, 0) is 53.2 Å². The van der Waals surface area contributed by atoms with Gasteiger partial charge >= 0.3 is 0 Å². The Balaban J connectivity index is 1.89. The average Bonchev–Trinajstić information content (AvgIpc) is 2.89. The number of carbonyl (C=O) groups excluding carboxylic acids is 1. The van der Waals surface area contributed by atoms with Crippen LogP contribution >= 0.6 is 22.9 Å². The number of anilines is 1. The molecule has 1 N–H and O–H groups in total. The van der Waals surface area contributed by atoms with E-state index < -0.39 is 11.7 Å². The quantitative estimate of drug-likeness (QED) is 0.713. The molecule has 0 atom stereocenters. The van der Waals surface area contributed by atoms with Crippen molar-refractivity contribution in [3.63, 3.8) is 0 Å². The summed E-state index contributed by atoms with van der Waals surface area (Å²) in [5.74, 6) is -1.11. The minimum Gasteiger partial charge on any atom is -0.322 e. The van der Waals surface area contributed by atoms with Crippen LogP contribution in [0.4, 0.5) is 10.1 Å². The third-order valence-corrected chi connectivity index (χ3v) is 4.02. The van der Waals surface area contributed by atoms with Gasteiger partial charge in [-0.2, -0.15) is 0 Å². The summed E-state index contributed by atoms with van der Waals surface area (Å²) in [6.45, 7) is 0. The number of amides is 1. The molecule has 0 spiro atoms. The molecule has 3 rings (SSSR count). The molecule has 3 aromatic rings. The first-order chi connectivity index (χ1) is 9.63. The summed E-state index contributed by atoms with van der Waals surface area (Å²) >= 11 is 7.41. The topological polar surface area (TPSA) is 29.1 Å². The van der Waals surface area contributed by atoms with Crippen molar-refractivity contribution in [3.8, 4) is 0 Å². The van der Waals surface area contributed by atoms with Gasteiger partial charge in [0.25, 0.3) is 5.91 Å². The summed E-state index contributed by atoms with van der Waals surface area (Å²) in [6, 6.07) is 11.4. The van der Waals surface area contributed by atoms with Crippen LogP contribution in [0.5, 0.6) is 0 Å². The number of rotatable bonds is 2. The number of nitrogens with one attached hydrogen (secondary N) is 1. The van der Waals surface area contributed by atoms with Crippen LogP contribution in [0, 0.1) is 5.82 Å². The number of hydrogen-bond acceptors (Lipinski definition) is 2. The first-order valence-corrected chi connectivity index (χ1v) is 7.13. The highest BCUT2D eigenvalue weighted by Gasteiger charge is 2.12. The van der Waals surface area contributed by atoms with E-state index >= 15 is 0 Å². The van der Waals surface area contributed by atoms with Crippen molar-refractivity contribution in [2.24, 2.45) is 0 Å². The fourth-order valence-electron chi connectivity index (χ4n) is 1.91. The van der Waals surface area contributed by atoms with Gasteiger partial charge in [0, 0.05) is 15.4 Å². The summed E-state index contributed by atoms with van der Waals surface area (Å²) in [7, 11) is 0. The van der Waals surface area contributed by atoms with Gasteiger partial charge < -0.3 is 5.32 Å². The van der Waals surface area contributed by atoms with E-state index in [-0.39, 0.29) is 5.56 Å². The highest BCUT2D eigenvalue weighted by molar-refractivity contribution is 7.17. The van der Waals surface area contributed by atoms with E-state index in [1.807, 2.05) is 23.6 Å². The summed E-state index contributed by atoms with van der Waals surface area (Å²) in [4.78, 5) is 12.1. The van der Waals surface area contributed by atoms with Gasteiger partial charge in [0.2, 0.25) is 0 Å². The van der Waals surface area contributed by atoms with Crippen molar-refractivity contribution in [2.75, 3.05) is 5.32 Å². The maximum atomic E-state index is 13.6. The van der Waals surface area contributed by atoms with Gasteiger partial charge in [0.05, 0.1) is 5.56 Å². The Morgan fingerprint density at radius 1 is 1.15 bits per heavy atom. The standard InChI is InChI=1S/C15H9ClFNOS/c16-10-1-3-13(17)12(8-10)15(19)18-11-2-4-14-9(7-11)5-6-20-14/h1-8H,(H,18,19). The second-order valence-corrected chi connectivity index (χ2v) is 5.64. The molecule has 1 amide bonds. The zero-order valence-corrected chi connectivity index (χ0v) is 11.8. The van der Waals surface area contributed by atoms with Crippen molar-refractivity contribution >= 4 is 44.6 Å². The van der Waals surface area contributed by atoms with Crippen LogP contribution in [0.3, 0.4) is 0 Å². The van der Waals surface area contributed by atoms with Gasteiger partial charge in [-0.15, -0.1) is 11.3 Å². The Morgan fingerprint density at radius 3 is 2.85 bits per heavy atom. The highest BCUT2D eigenvalue weighted by atomic mass is 35.5. The zero-order chi connectivity index (χ0) is 14.1. The Kier molecular flexibility index (Phi) is 3.42. The number of benzene rings is 2. The molecule has 0 bridgehead atoms. The molecule has 5 heteroatoms. The molecular weight excluding hydrogens is 297 g/mol. The Hall–Kier alpha value is -1.91. The molecule has 0 saturated heterocycles. The maximum Gasteiger partial charge on any atom is 0.258 e. The van der Waals surface area contributed by atoms with Crippen molar-refractivity contribution in [2.45, 2.75) is 0 Å². The third-order valence-electron chi connectivity index (χ3n) is 2.88. The van der Waals surface area contributed by atoms with Crippen molar-refractivity contribution in [1.29, 1.82) is 0 Å². The summed E-state index contributed by atoms with van der Waals surface area (Å²) in [5.41, 5.74) is 0.559. The summed E-state index contributed by atoms with van der Waals surface area (Å²) < 4.78 is 14.7. The normalized spacial score (nSPS) is 10.7. The molecule has 0 aliphatic rings. The Bertz CT molecular complexity index is 799. The van der Waals surface area contributed by atoms with Crippen molar-refractivity contribution in [1.82, 2.24) is 0 Å². The first kappa shape index (κ1) is 13.1. The van der Waals surface area contributed by atoms with Crippen LogP contribution < -0.4 is 5.32 Å². The molecule has 1 heterocycles. The van der Waals surface area contributed by atoms with E-state index in [4.69, 9.17) is 11.6 Å². The SMILES string of the molecule is O=C(Nc1ccc2sccc2c1)c1cc(Cl)ccc1F. The molecule has 0 unspecified atom stereocenters. The van der Waals surface area contributed by atoms with Gasteiger partial charge in [-0.25, -0.2) is 4.39 Å². The molecule has 0 saturated carbocycles. The molecule has 1 aromatic heterocycles. The molecule has 0 fully saturated rings. The monoisotopic (exact) mass is 305 g/mol. The number of carbonyl (C=O) groups is 1. The summed E-state index contributed by atoms with van der Waals surface area (Å²) in [6.07, 6.45) is 0. The average molecular weight is 306 g/mol. The lowest BCUT2D eigenvalue weighted by molar-refractivity contribution is 0.102. The molecule has 0 aliphatic carbocycles. The highest BCUT2D eigenvalue weighted by Crippen LogP contribution is 2.24. The minimum atomic E-state index is -0.594. The Labute approximate surface area is 123 Å². The maximum absolute atomic E-state index is 13.6. The van der Waals surface area contributed by atoms with E-state index in [9.17, 15) is 9.18 Å². The molecular formula is C15H9ClFNOS. The van der Waals surface area contributed by atoms with E-state index in [0.717, 1.165) is 10.1 Å². The molecule has 100 valence electrons. The second-order valence-electron chi connectivity index (χ2n) is 4.25. The van der Waals surface area contributed by atoms with E-state index in [1.165, 1.54) is 18.2 Å². The second kappa shape index (κ2) is 5.23. The number of thiophene rings is 1. The minimum absolute atomic E-state index is 0.0667. The fraction of sp³-hybridized carbons (Fsp3) is 0. The van der Waals surface area contributed by atoms with Crippen LogP contribution in [0.1, 0.15) is 10.4 Å². The molecule has 2 aromatic carbocycles. The Morgan fingerprint density at radius 2 is 2.00 bits per heavy atom. The fourth-order valence-corrected chi connectivity index (χ4v) is 2.86. The van der Waals surface area contributed by atoms with E-state index in [2.05, 4.69) is 5.32 Å². The number of fused-ring (bicyclic) bond motifs is 1. The number of halogens is 2. The lowest BCUT2D eigenvalue weighted by Crippen LogP contribution is -2.13. The van der Waals surface area contributed by atoms with E-state index in [0.29, 0.717) is 10.7 Å². The van der Waals surface area contributed by atoms with Crippen molar-refractivity contribution < 1.29 is 9.18 Å². The van der Waals surface area contributed by atoms with Crippen LogP contribution in [-0.2, 0) is 0 Å². The molecule has 0 aliphatic heterocycles. The van der Waals surface area contributed by atoms with Crippen molar-refractivity contribution in [3.05, 3.63) is 64.2 Å². The lowest BCUT2D eigenvalue weighted by atomic mass is 10.2. The molecule has 0 radical (unpaired) electrons. The largest absolute Gasteiger partial charge is 0.322 e. The number of hydrogen-bond donors (Lipinski definition) is 1. The van der Waals surface area contributed by atoms with Crippen LogP contribution in [0.15, 0.2) is 47.8 Å². The summed E-state index contributed by atoms with van der Waals surface area (Å²) in [5, 5.41) is 6.02. The zero-order valence-electron chi connectivity index (χ0n) is 10.2. The lowest BCUT2D eigenvalue weighted by Gasteiger charge is -2.06. The van der Waals surface area contributed by atoms with Gasteiger partial charge in [0.15, 0.2) is 0 Å². The van der Waals surface area contributed by atoms with Crippen LogP contribution in [0.2, 0.25) is 5.02 Å². The van der Waals surface area contributed by atoms with Gasteiger partial charge in [0.1, 0.15) is 5.82 Å².